The van der Waals surface area contributed by atoms with Gasteiger partial charge in [0.1, 0.15) is 22.8 Å². The minimum atomic E-state index is -2.55. The first-order valence-electron chi connectivity index (χ1n) is 10.5. The molecule has 0 aromatic heterocycles. The van der Waals surface area contributed by atoms with Gasteiger partial charge in [-0.25, -0.2) is 0 Å². The van der Waals surface area contributed by atoms with Crippen molar-refractivity contribution in [1.82, 2.24) is 0 Å². The van der Waals surface area contributed by atoms with E-state index in [4.69, 9.17) is 5.73 Å². The number of hydrogen-bond acceptors (Lipinski definition) is 7. The van der Waals surface area contributed by atoms with Gasteiger partial charge >= 0.3 is 0 Å². The smallest absolute Gasteiger partial charge is 0.255 e. The number of phenols is 1. The molecule has 33 heavy (non-hydrogen) atoms. The number of phenolic OH excluding ortho intramolecular Hbond substituents is 1. The van der Waals surface area contributed by atoms with Crippen LogP contribution < -0.4 is 5.73 Å². The van der Waals surface area contributed by atoms with Crippen molar-refractivity contribution in [3.8, 4) is 16.9 Å². The fraction of sp³-hybridized carbons (Fsp3) is 0.240. The van der Waals surface area contributed by atoms with Crippen molar-refractivity contribution in [1.29, 1.82) is 0 Å². The van der Waals surface area contributed by atoms with Gasteiger partial charge in [-0.3, -0.25) is 14.4 Å². The van der Waals surface area contributed by atoms with E-state index >= 15 is 0 Å². The fourth-order valence-corrected chi connectivity index (χ4v) is 5.51. The van der Waals surface area contributed by atoms with Crippen LogP contribution in [0.25, 0.3) is 16.9 Å². The fourth-order valence-electron chi connectivity index (χ4n) is 5.51. The molecule has 3 atom stereocenters. The maximum atomic E-state index is 13.5. The van der Waals surface area contributed by atoms with E-state index < -0.39 is 52.0 Å². The van der Waals surface area contributed by atoms with E-state index in [1.54, 1.807) is 6.07 Å². The molecule has 8 heteroatoms. The molecule has 0 saturated heterocycles. The van der Waals surface area contributed by atoms with Crippen molar-refractivity contribution in [3.05, 3.63) is 70.5 Å². The summed E-state index contributed by atoms with van der Waals surface area (Å²) < 4.78 is 0. The van der Waals surface area contributed by atoms with E-state index in [1.807, 2.05) is 30.3 Å². The summed E-state index contributed by atoms with van der Waals surface area (Å²) in [5, 5.41) is 43.5. The van der Waals surface area contributed by atoms with E-state index in [0.29, 0.717) is 5.56 Å². The van der Waals surface area contributed by atoms with Gasteiger partial charge in [-0.1, -0.05) is 36.4 Å². The number of benzene rings is 2. The van der Waals surface area contributed by atoms with Crippen LogP contribution in [0.2, 0.25) is 0 Å². The van der Waals surface area contributed by atoms with Gasteiger partial charge in [0.2, 0.25) is 5.78 Å². The van der Waals surface area contributed by atoms with E-state index in [9.17, 15) is 34.8 Å². The summed E-state index contributed by atoms with van der Waals surface area (Å²) in [6, 6.07) is 12.5. The Kier molecular flexibility index (Phi) is 4.48. The summed E-state index contributed by atoms with van der Waals surface area (Å²) >= 11 is 0. The van der Waals surface area contributed by atoms with E-state index in [2.05, 4.69) is 0 Å². The zero-order chi connectivity index (χ0) is 23.7. The van der Waals surface area contributed by atoms with Gasteiger partial charge in [0.25, 0.3) is 5.91 Å². The number of amides is 1. The van der Waals surface area contributed by atoms with Gasteiger partial charge in [-0.15, -0.1) is 0 Å². The lowest BCUT2D eigenvalue weighted by atomic mass is 9.59. The van der Waals surface area contributed by atoms with Crippen LogP contribution >= 0.6 is 0 Å². The molecule has 168 valence electrons. The second-order valence-electron chi connectivity index (χ2n) is 8.76. The molecule has 0 spiro atoms. The SMILES string of the molecule is NC(=O)C1=C(O)C2(O)C(=O)C3=C(O)c4c(O)ccc(-c5ccccc5)c4CC3CC2CC1=O. The third kappa shape index (κ3) is 2.77. The maximum absolute atomic E-state index is 13.5. The van der Waals surface area contributed by atoms with E-state index in [0.717, 1.165) is 11.1 Å². The number of aromatic hydroxyl groups is 1. The Balaban J connectivity index is 1.72. The summed E-state index contributed by atoms with van der Waals surface area (Å²) in [5.41, 5.74) is 4.07. The summed E-state index contributed by atoms with van der Waals surface area (Å²) in [5.74, 6) is -6.32. The molecule has 0 bridgehead atoms. The monoisotopic (exact) mass is 447 g/mol. The quantitative estimate of drug-likeness (QED) is 0.441. The van der Waals surface area contributed by atoms with E-state index in [-0.39, 0.29) is 36.1 Å². The molecule has 6 N–H and O–H groups in total. The molecule has 1 amide bonds. The Hall–Kier alpha value is -3.91. The lowest BCUT2D eigenvalue weighted by Crippen LogP contribution is -2.58. The summed E-state index contributed by atoms with van der Waals surface area (Å²) in [4.78, 5) is 37.6. The van der Waals surface area contributed by atoms with Gasteiger partial charge in [-0.2, -0.15) is 0 Å². The van der Waals surface area contributed by atoms with Crippen LogP contribution in [0.4, 0.5) is 0 Å². The molecule has 3 unspecified atom stereocenters. The van der Waals surface area contributed by atoms with Gasteiger partial charge in [0.05, 0.1) is 5.56 Å². The molecule has 5 rings (SSSR count). The molecule has 8 nitrogen and oxygen atoms in total. The second-order valence-corrected chi connectivity index (χ2v) is 8.76. The molecule has 3 aliphatic carbocycles. The van der Waals surface area contributed by atoms with Crippen molar-refractivity contribution in [2.24, 2.45) is 17.6 Å². The third-order valence-corrected chi connectivity index (χ3v) is 7.03. The minimum absolute atomic E-state index is 0.0866. The number of carbonyl (C=O) groups excluding carboxylic acids is 3. The number of carbonyl (C=O) groups is 3. The number of nitrogens with two attached hydrogens (primary N) is 1. The Morgan fingerprint density at radius 3 is 2.36 bits per heavy atom. The highest BCUT2D eigenvalue weighted by molar-refractivity contribution is 6.22. The van der Waals surface area contributed by atoms with Gasteiger partial charge in [0, 0.05) is 17.9 Å². The largest absolute Gasteiger partial charge is 0.508 e. The molecule has 3 aliphatic rings. The summed E-state index contributed by atoms with van der Waals surface area (Å²) in [7, 11) is 0. The molecule has 0 radical (unpaired) electrons. The normalized spacial score (nSPS) is 26.6. The van der Waals surface area contributed by atoms with Crippen molar-refractivity contribution >= 4 is 23.2 Å². The van der Waals surface area contributed by atoms with Crippen molar-refractivity contribution in [2.75, 3.05) is 0 Å². The van der Waals surface area contributed by atoms with Gasteiger partial charge in [0.15, 0.2) is 11.4 Å². The van der Waals surface area contributed by atoms with Crippen LogP contribution in [-0.2, 0) is 20.8 Å². The number of rotatable bonds is 2. The molecule has 1 saturated carbocycles. The number of aliphatic hydroxyl groups is 3. The number of hydrogen-bond donors (Lipinski definition) is 5. The lowest BCUT2D eigenvalue weighted by Gasteiger charge is -2.46. The van der Waals surface area contributed by atoms with Crippen LogP contribution in [-0.4, -0.2) is 43.5 Å². The number of fused-ring (bicyclic) bond motifs is 3. The Morgan fingerprint density at radius 1 is 1.00 bits per heavy atom. The Labute approximate surface area is 188 Å². The first-order valence-corrected chi connectivity index (χ1v) is 10.5. The molecule has 0 heterocycles. The minimum Gasteiger partial charge on any atom is -0.508 e. The molecule has 1 fully saturated rings. The average molecular weight is 447 g/mol. The number of aliphatic hydroxyl groups excluding tert-OH is 2. The standard InChI is InChI=1S/C25H21NO7/c26-24(32)20-17(28)10-13-8-12-9-15-14(11-4-2-1-3-5-11)6-7-16(27)19(15)21(29)18(12)22(30)25(13,33)23(20)31/h1-7,12-13,27,29,31,33H,8-10H2,(H2,26,32). The van der Waals surface area contributed by atoms with Crippen molar-refractivity contribution in [2.45, 2.75) is 24.9 Å². The van der Waals surface area contributed by atoms with Crippen LogP contribution in [0.1, 0.15) is 24.0 Å². The summed E-state index contributed by atoms with van der Waals surface area (Å²) in [6.45, 7) is 0. The van der Waals surface area contributed by atoms with Gasteiger partial charge in [-0.05, 0) is 41.5 Å². The number of primary amides is 1. The second kappa shape index (κ2) is 7.05. The highest BCUT2D eigenvalue weighted by Crippen LogP contribution is 2.52. The molecular formula is C25H21NO7. The topological polar surface area (TPSA) is 158 Å². The van der Waals surface area contributed by atoms with Crippen LogP contribution in [0, 0.1) is 11.8 Å². The predicted octanol–water partition coefficient (Wildman–Crippen LogP) is 2.09. The molecule has 2 aromatic carbocycles. The van der Waals surface area contributed by atoms with Crippen molar-refractivity contribution < 1.29 is 34.8 Å². The van der Waals surface area contributed by atoms with Gasteiger partial charge < -0.3 is 26.2 Å². The first-order chi connectivity index (χ1) is 15.7. The summed E-state index contributed by atoms with van der Waals surface area (Å²) in [6.07, 6.45) is 0.0351. The van der Waals surface area contributed by atoms with Crippen molar-refractivity contribution in [3.63, 3.8) is 0 Å². The van der Waals surface area contributed by atoms with E-state index in [1.165, 1.54) is 6.07 Å². The first kappa shape index (κ1) is 21.0. The zero-order valence-electron chi connectivity index (χ0n) is 17.4. The molecule has 0 aliphatic heterocycles. The van der Waals surface area contributed by atoms with Crippen LogP contribution in [0.15, 0.2) is 59.4 Å². The van der Waals surface area contributed by atoms with Crippen LogP contribution in [0.3, 0.4) is 0 Å². The highest BCUT2D eigenvalue weighted by Gasteiger charge is 2.60. The highest BCUT2D eigenvalue weighted by atomic mass is 16.3. The maximum Gasteiger partial charge on any atom is 0.255 e. The Bertz CT molecular complexity index is 1310. The number of ketones is 2. The van der Waals surface area contributed by atoms with Crippen LogP contribution in [0.5, 0.6) is 5.75 Å². The third-order valence-electron chi connectivity index (χ3n) is 7.03. The number of Topliss-reactive ketones (excluding diaryl/α,β-unsaturated/α-hetero) is 2. The molecule has 2 aromatic rings. The zero-order valence-corrected chi connectivity index (χ0v) is 17.4. The lowest BCUT2D eigenvalue weighted by molar-refractivity contribution is -0.147. The Morgan fingerprint density at radius 2 is 1.70 bits per heavy atom. The molecular weight excluding hydrogens is 426 g/mol. The predicted molar refractivity (Wildman–Crippen MR) is 117 cm³/mol. The average Bonchev–Trinajstić information content (AvgIpc) is 2.76.